The molecule has 142 valence electrons. The van der Waals surface area contributed by atoms with Gasteiger partial charge in [0.05, 0.1) is 7.11 Å². The minimum Gasteiger partial charge on any atom is -0.496 e. The second kappa shape index (κ2) is 7.68. The van der Waals surface area contributed by atoms with Crippen LogP contribution in [-0.2, 0) is 13.0 Å². The van der Waals surface area contributed by atoms with E-state index in [4.69, 9.17) is 4.74 Å². The lowest BCUT2D eigenvalue weighted by Gasteiger charge is -2.18. The number of benzene rings is 2. The van der Waals surface area contributed by atoms with Crippen molar-refractivity contribution in [3.63, 3.8) is 0 Å². The zero-order valence-electron chi connectivity index (χ0n) is 16.0. The number of aromatic nitrogens is 2. The molecule has 6 nitrogen and oxygen atoms in total. The van der Waals surface area contributed by atoms with E-state index < -0.39 is 0 Å². The van der Waals surface area contributed by atoms with Gasteiger partial charge in [-0.1, -0.05) is 36.4 Å². The average Bonchev–Trinajstić information content (AvgIpc) is 3.16. The second-order valence-electron chi connectivity index (χ2n) is 6.72. The van der Waals surface area contributed by atoms with Crippen molar-refractivity contribution < 1.29 is 9.53 Å². The van der Waals surface area contributed by atoms with E-state index in [1.165, 1.54) is 5.56 Å². The molecule has 6 heteroatoms. The van der Waals surface area contributed by atoms with Gasteiger partial charge in [-0.25, -0.2) is 9.97 Å². The monoisotopic (exact) mass is 374 g/mol. The van der Waals surface area contributed by atoms with Crippen LogP contribution in [0.5, 0.6) is 5.75 Å². The van der Waals surface area contributed by atoms with Gasteiger partial charge in [-0.15, -0.1) is 0 Å². The van der Waals surface area contributed by atoms with E-state index in [0.29, 0.717) is 18.2 Å². The quantitative estimate of drug-likeness (QED) is 0.741. The fraction of sp³-hybridized carbons (Fsp3) is 0.227. The summed E-state index contributed by atoms with van der Waals surface area (Å²) in [7, 11) is 1.62. The summed E-state index contributed by atoms with van der Waals surface area (Å²) in [5, 5.41) is 2.93. The average molecular weight is 374 g/mol. The van der Waals surface area contributed by atoms with Gasteiger partial charge in [0.25, 0.3) is 5.91 Å². The number of hydrogen-bond donors (Lipinski definition) is 1. The van der Waals surface area contributed by atoms with Crippen LogP contribution in [0.4, 0.5) is 11.6 Å². The number of nitrogens with zero attached hydrogens (tertiary/aromatic N) is 3. The molecule has 1 aromatic heterocycles. The number of hydrogen-bond acceptors (Lipinski definition) is 5. The van der Waals surface area contributed by atoms with Gasteiger partial charge < -0.3 is 15.0 Å². The van der Waals surface area contributed by atoms with E-state index in [1.807, 2.05) is 43.3 Å². The van der Waals surface area contributed by atoms with Gasteiger partial charge in [-0.2, -0.15) is 0 Å². The fourth-order valence-corrected chi connectivity index (χ4v) is 3.45. The molecule has 0 radical (unpaired) electrons. The van der Waals surface area contributed by atoms with Gasteiger partial charge in [0, 0.05) is 30.0 Å². The molecule has 0 saturated heterocycles. The lowest BCUT2D eigenvalue weighted by atomic mass is 10.2. The Balaban J connectivity index is 1.55. The minimum atomic E-state index is -0.231. The van der Waals surface area contributed by atoms with Crippen molar-refractivity contribution in [3.8, 4) is 5.75 Å². The Morgan fingerprint density at radius 1 is 1.14 bits per heavy atom. The van der Waals surface area contributed by atoms with E-state index in [1.54, 1.807) is 13.2 Å². The molecule has 0 atom stereocenters. The number of rotatable bonds is 5. The summed E-state index contributed by atoms with van der Waals surface area (Å²) in [6.07, 6.45) is 0.947. The highest BCUT2D eigenvalue weighted by Crippen LogP contribution is 2.32. The normalized spacial score (nSPS) is 12.6. The summed E-state index contributed by atoms with van der Waals surface area (Å²) in [5.41, 5.74) is 4.42. The van der Waals surface area contributed by atoms with Crippen LogP contribution in [0.2, 0.25) is 0 Å². The molecule has 0 bridgehead atoms. The molecule has 0 fully saturated rings. The molecule has 0 unspecified atom stereocenters. The van der Waals surface area contributed by atoms with Crippen molar-refractivity contribution in [1.82, 2.24) is 15.3 Å². The summed E-state index contributed by atoms with van der Waals surface area (Å²) in [4.78, 5) is 23.9. The Hall–Kier alpha value is -3.41. The number of amides is 1. The Morgan fingerprint density at radius 2 is 1.93 bits per heavy atom. The first-order chi connectivity index (χ1) is 13.7. The number of methoxy groups -OCH3 is 1. The van der Waals surface area contributed by atoms with Crippen LogP contribution < -0.4 is 15.0 Å². The molecule has 1 aliphatic heterocycles. The number of fused-ring (bicyclic) bond motifs is 1. The molecule has 2 heterocycles. The highest BCUT2D eigenvalue weighted by atomic mass is 16.5. The maximum atomic E-state index is 12.7. The van der Waals surface area contributed by atoms with E-state index in [0.717, 1.165) is 35.7 Å². The molecule has 28 heavy (non-hydrogen) atoms. The summed E-state index contributed by atoms with van der Waals surface area (Å²) in [6, 6.07) is 17.6. The summed E-state index contributed by atoms with van der Waals surface area (Å²) >= 11 is 0. The third-order valence-electron chi connectivity index (χ3n) is 4.84. The number of aryl methyl sites for hydroxylation is 1. The highest BCUT2D eigenvalue weighted by molar-refractivity contribution is 5.92. The molecular formula is C22H22N4O2. The second-order valence-corrected chi connectivity index (χ2v) is 6.72. The number of carbonyl (C=O) groups is 1. The molecule has 0 saturated carbocycles. The Morgan fingerprint density at radius 3 is 2.79 bits per heavy atom. The number of para-hydroxylation sites is 2. The van der Waals surface area contributed by atoms with Gasteiger partial charge in [-0.3, -0.25) is 4.79 Å². The number of ether oxygens (including phenoxy) is 1. The first-order valence-electron chi connectivity index (χ1n) is 9.27. The SMILES string of the molecule is COc1ccccc1CNC(=O)c1cc(C)nc(N2CCc3ccccc32)n1. The zero-order valence-corrected chi connectivity index (χ0v) is 16.0. The smallest absolute Gasteiger partial charge is 0.270 e. The van der Waals surface area contributed by atoms with Crippen LogP contribution >= 0.6 is 0 Å². The van der Waals surface area contributed by atoms with Gasteiger partial charge in [-0.05, 0) is 37.1 Å². The first-order valence-corrected chi connectivity index (χ1v) is 9.27. The Labute approximate surface area is 164 Å². The van der Waals surface area contributed by atoms with Crippen molar-refractivity contribution >= 4 is 17.5 Å². The number of carbonyl (C=O) groups excluding carboxylic acids is 1. The van der Waals surface area contributed by atoms with Crippen LogP contribution in [0, 0.1) is 6.92 Å². The van der Waals surface area contributed by atoms with Gasteiger partial charge >= 0.3 is 0 Å². The number of nitrogens with one attached hydrogen (secondary N) is 1. The number of anilines is 2. The summed E-state index contributed by atoms with van der Waals surface area (Å²) in [6.45, 7) is 3.06. The van der Waals surface area contributed by atoms with Crippen molar-refractivity contribution in [2.75, 3.05) is 18.6 Å². The van der Waals surface area contributed by atoms with Crippen molar-refractivity contribution in [1.29, 1.82) is 0 Å². The third kappa shape index (κ3) is 3.53. The minimum absolute atomic E-state index is 0.231. The first kappa shape index (κ1) is 18.0. The topological polar surface area (TPSA) is 67.3 Å². The van der Waals surface area contributed by atoms with Gasteiger partial charge in [0.1, 0.15) is 11.4 Å². The predicted octanol–water partition coefficient (Wildman–Crippen LogP) is 3.42. The molecular weight excluding hydrogens is 352 g/mol. The molecule has 1 amide bonds. The summed E-state index contributed by atoms with van der Waals surface area (Å²) < 4.78 is 5.34. The van der Waals surface area contributed by atoms with Crippen LogP contribution in [0.25, 0.3) is 0 Å². The molecule has 0 aliphatic carbocycles. The lowest BCUT2D eigenvalue weighted by Crippen LogP contribution is -2.26. The molecule has 3 aromatic rings. The Bertz CT molecular complexity index is 1020. The standard InChI is InChI=1S/C22H22N4O2/c1-15-13-18(21(27)23-14-17-8-4-6-10-20(17)28-2)25-22(24-15)26-12-11-16-7-3-5-9-19(16)26/h3-10,13H,11-12,14H2,1-2H3,(H,23,27). The third-order valence-corrected chi connectivity index (χ3v) is 4.84. The molecule has 1 N–H and O–H groups in total. The lowest BCUT2D eigenvalue weighted by molar-refractivity contribution is 0.0945. The Kier molecular flexibility index (Phi) is 4.93. The largest absolute Gasteiger partial charge is 0.496 e. The maximum absolute atomic E-state index is 12.7. The predicted molar refractivity (Wildman–Crippen MR) is 108 cm³/mol. The van der Waals surface area contributed by atoms with E-state index in [9.17, 15) is 4.79 Å². The van der Waals surface area contributed by atoms with E-state index in [2.05, 4.69) is 32.3 Å². The molecule has 0 spiro atoms. The van der Waals surface area contributed by atoms with Crippen molar-refractivity contribution in [2.24, 2.45) is 0 Å². The molecule has 2 aromatic carbocycles. The molecule has 4 rings (SSSR count). The summed E-state index contributed by atoms with van der Waals surface area (Å²) in [5.74, 6) is 1.08. The fourth-order valence-electron chi connectivity index (χ4n) is 3.45. The zero-order chi connectivity index (χ0) is 19.5. The van der Waals surface area contributed by atoms with Crippen LogP contribution in [0.1, 0.15) is 27.3 Å². The van der Waals surface area contributed by atoms with Gasteiger partial charge in [0.15, 0.2) is 0 Å². The van der Waals surface area contributed by atoms with Crippen LogP contribution in [0.3, 0.4) is 0 Å². The van der Waals surface area contributed by atoms with E-state index >= 15 is 0 Å². The van der Waals surface area contributed by atoms with Crippen LogP contribution in [0.15, 0.2) is 54.6 Å². The van der Waals surface area contributed by atoms with Crippen LogP contribution in [-0.4, -0.2) is 29.5 Å². The van der Waals surface area contributed by atoms with Crippen molar-refractivity contribution in [2.45, 2.75) is 19.9 Å². The molecule has 1 aliphatic rings. The van der Waals surface area contributed by atoms with E-state index in [-0.39, 0.29) is 5.91 Å². The van der Waals surface area contributed by atoms with Crippen molar-refractivity contribution in [3.05, 3.63) is 77.1 Å². The maximum Gasteiger partial charge on any atom is 0.270 e. The van der Waals surface area contributed by atoms with Gasteiger partial charge in [0.2, 0.25) is 5.95 Å². The highest BCUT2D eigenvalue weighted by Gasteiger charge is 2.23.